The zero-order valence-corrected chi connectivity index (χ0v) is 76.2. The van der Waals surface area contributed by atoms with Crippen molar-refractivity contribution in [2.75, 3.05) is 142 Å². The van der Waals surface area contributed by atoms with E-state index in [1.807, 2.05) is 59.7 Å². The van der Waals surface area contributed by atoms with Crippen LogP contribution in [0.15, 0.2) is 138 Å². The predicted molar refractivity (Wildman–Crippen MR) is 493 cm³/mol. The second-order valence-corrected chi connectivity index (χ2v) is 39.7. The number of likely N-dealkylation sites (N-methyl/N-ethyl adjacent to an activating group) is 2. The van der Waals surface area contributed by atoms with E-state index in [1.165, 1.54) is 80.3 Å². The molecule has 0 radical (unpaired) electrons. The van der Waals surface area contributed by atoms with Crippen LogP contribution >= 0.6 is 0 Å². The summed E-state index contributed by atoms with van der Waals surface area (Å²) >= 11 is 0. The van der Waals surface area contributed by atoms with Gasteiger partial charge in [-0.3, -0.25) is 38.7 Å². The molecule has 680 valence electrons. The minimum Gasteiger partial charge on any atom is -0.357 e. The van der Waals surface area contributed by atoms with Crippen molar-refractivity contribution < 1.29 is 52.8 Å². The molecule has 5 aliphatic rings. The number of amides is 3. The van der Waals surface area contributed by atoms with Gasteiger partial charge in [-0.2, -0.15) is 0 Å². The molecule has 0 saturated carbocycles. The molecule has 5 fully saturated rings. The van der Waals surface area contributed by atoms with Gasteiger partial charge in [-0.05, 0) is 177 Å². The average Bonchev–Trinajstić information content (AvgIpc) is 1.54. The number of hydrogen-bond donors (Lipinski definition) is 10. The number of sulfonamides is 1. The molecule has 10 N–H and O–H groups in total. The lowest BCUT2D eigenvalue weighted by molar-refractivity contribution is -0.130. The Bertz CT molecular complexity index is 6580. The van der Waals surface area contributed by atoms with Crippen LogP contribution in [0.25, 0.3) is 66.5 Å². The molecule has 5 atom stereocenters. The first-order valence-corrected chi connectivity index (χ1v) is 48.4. The predicted octanol–water partition coefficient (Wildman–Crippen LogP) is 12.0. The van der Waals surface area contributed by atoms with Gasteiger partial charge >= 0.3 is 0 Å². The van der Waals surface area contributed by atoms with Crippen LogP contribution in [0.4, 0.5) is 71.2 Å². The first kappa shape index (κ1) is 91.7. The van der Waals surface area contributed by atoms with Gasteiger partial charge < -0.3 is 56.7 Å². The van der Waals surface area contributed by atoms with E-state index in [0.717, 1.165) is 134 Å². The number of aromatic nitrogens is 12. The number of benzene rings is 3. The average molecular weight is 1820 g/mol. The topological polar surface area (TPSA) is 421 Å². The molecule has 3 amide bonds. The van der Waals surface area contributed by atoms with Crippen LogP contribution in [-0.2, 0) is 44.1 Å². The summed E-state index contributed by atoms with van der Waals surface area (Å²) in [5.41, 5.74) is 8.40. The number of sulfone groups is 2. The van der Waals surface area contributed by atoms with Crippen LogP contribution in [0.3, 0.4) is 0 Å². The number of fused-ring (bicyclic) bond motifs is 5. The highest BCUT2D eigenvalue weighted by atomic mass is 32.2. The van der Waals surface area contributed by atoms with Crippen molar-refractivity contribution in [3.05, 3.63) is 163 Å². The molecule has 12 aromatic rings. The Balaban J connectivity index is 0.000000149. The first-order chi connectivity index (χ1) is 61.6. The normalized spacial score (nSPS) is 17.8. The Morgan fingerprint density at radius 2 is 0.806 bits per heavy atom. The number of piperidine rings is 1. The number of likely N-dealkylation sites (tertiary alicyclic amines) is 3. The van der Waals surface area contributed by atoms with Crippen molar-refractivity contribution in [1.29, 1.82) is 0 Å². The lowest BCUT2D eigenvalue weighted by Gasteiger charge is -2.55. The third kappa shape index (κ3) is 20.1. The standard InChI is InChI=1S/C31H37FN8O3S.C30H35FN8O3S.C28H34FN9O3S/c1-5-23(40-17-31(18-40)10-13-39(3)14-11-31)29(41)38-28-27-20(9-12-33-28)21(16-34-27)26-19(2)15-35-30(37-26)36-22-7-6-8-24(25(22)32)44(4,42)43;1-5-23(39-15-18-9-10-19(16-39)38(18)3)29(40)37-28-27-20(11-12-32-28)21(14-33-27)26-17(2)13-34-30(36-26)35-22-7-6-8-24(25(22)31)43(4,41)42;1-5-22(38-13-11-37(3)12-14-38)27(39)35-26-25-18(9-10-30-26)19(16-31-25)24-17(2)15-32-28(34-24)33-20-7-6-8-21(23(20)29)36-42(4,40)41/h6-9,12,15-16,23,34H,5,10-11,13-14,17-18H2,1-4H3,(H,33,38,41)(H,35,36,37);6-8,11-14,18-19,23,33H,5,9-10,15-16H2,1-4H3,(H,32,37,40)(H,34,35,36);6-10,15-16,22,31,36H,5,11-14H2,1-4H3,(H,30,35,39)(H,32,33,34)/t;18?,19?,23-;/m.1./s1. The number of carbonyl (C=O) groups is 3. The van der Waals surface area contributed by atoms with Crippen molar-refractivity contribution in [2.24, 2.45) is 5.41 Å². The molecular weight excluding hydrogens is 1720 g/mol. The van der Waals surface area contributed by atoms with E-state index in [2.05, 4.69) is 147 Å². The number of rotatable bonds is 25. The van der Waals surface area contributed by atoms with Crippen molar-refractivity contribution in [3.8, 4) is 33.8 Å². The molecule has 129 heavy (non-hydrogen) atoms. The van der Waals surface area contributed by atoms with Crippen molar-refractivity contribution in [2.45, 2.75) is 126 Å². The molecule has 34 nitrogen and oxygen atoms in total. The Hall–Kier alpha value is -12.0. The SMILES string of the molecule is CCC(C(=O)Nc1nccc2c(-c3nc(Nc4cccc(NS(C)(=O)=O)c4F)ncc3C)c[nH]c12)N1CCN(C)CC1.CCC(C(=O)Nc1nccc2c(-c3nc(Nc4cccc(S(C)(=O)=O)c4F)ncc3C)c[nH]c12)N1CC2(CCN(C)CC2)C1.CC[C@H](C(=O)Nc1nccc2c(-c3nc(Nc4cccc(S(C)(=O)=O)c4F)ncc3C)c[nH]c12)N1CC2CCC(C1)N2C. The molecule has 4 unspecified atom stereocenters. The Morgan fingerprint density at radius 3 is 1.18 bits per heavy atom. The van der Waals surface area contributed by atoms with E-state index in [-0.39, 0.29) is 76.4 Å². The fourth-order valence-electron chi connectivity index (χ4n) is 17.8. The molecule has 1 spiro atoms. The summed E-state index contributed by atoms with van der Waals surface area (Å²) in [4.78, 5) is 103. The molecule has 14 heterocycles. The maximum Gasteiger partial charge on any atom is 0.242 e. The van der Waals surface area contributed by atoms with E-state index < -0.39 is 56.9 Å². The summed E-state index contributed by atoms with van der Waals surface area (Å²) in [7, 11) is -4.75. The van der Waals surface area contributed by atoms with Gasteiger partial charge in [0.2, 0.25) is 45.6 Å². The van der Waals surface area contributed by atoms with Crippen LogP contribution < -0.4 is 36.6 Å². The van der Waals surface area contributed by atoms with Crippen LogP contribution in [0, 0.1) is 43.6 Å². The first-order valence-electron chi connectivity index (χ1n) is 42.7. The molecule has 5 saturated heterocycles. The lowest BCUT2D eigenvalue weighted by Crippen LogP contribution is -2.64. The minimum absolute atomic E-state index is 0.0115. The van der Waals surface area contributed by atoms with Gasteiger partial charge in [-0.25, -0.2) is 83.3 Å². The molecule has 17 rings (SSSR count). The van der Waals surface area contributed by atoms with Crippen molar-refractivity contribution >= 4 is 138 Å². The molecular formula is C89H106F3N25O9S3. The number of aromatic amines is 3. The highest BCUT2D eigenvalue weighted by Gasteiger charge is 2.48. The number of nitrogens with one attached hydrogen (secondary N) is 10. The molecule has 9 aromatic heterocycles. The molecule has 5 aliphatic heterocycles. The number of H-pyrrole nitrogens is 3. The summed E-state index contributed by atoms with van der Waals surface area (Å²) in [6, 6.07) is 18.3. The molecule has 40 heteroatoms. The van der Waals surface area contributed by atoms with Crippen molar-refractivity contribution in [3.63, 3.8) is 0 Å². The van der Waals surface area contributed by atoms with Crippen LogP contribution in [-0.4, -0.2) is 268 Å². The number of aryl methyl sites for hydroxylation is 3. The lowest BCUT2D eigenvalue weighted by atomic mass is 9.71. The number of piperazine rings is 2. The number of anilines is 10. The molecule has 2 bridgehead atoms. The van der Waals surface area contributed by atoms with Gasteiger partial charge in [-0.15, -0.1) is 0 Å². The van der Waals surface area contributed by atoms with Crippen LogP contribution in [0.5, 0.6) is 0 Å². The van der Waals surface area contributed by atoms with E-state index in [4.69, 9.17) is 0 Å². The van der Waals surface area contributed by atoms with Crippen molar-refractivity contribution in [1.82, 2.24) is 89.2 Å². The maximum atomic E-state index is 15.0. The third-order valence-electron chi connectivity index (χ3n) is 24.9. The summed E-state index contributed by atoms with van der Waals surface area (Å²) in [6.45, 7) is 21.1. The van der Waals surface area contributed by atoms with E-state index in [0.29, 0.717) is 87.8 Å². The number of carbonyl (C=O) groups excluding carboxylic acids is 3. The fourth-order valence-corrected chi connectivity index (χ4v) is 19.9. The quantitative estimate of drug-likeness (QED) is 0.0254. The Morgan fingerprint density at radius 1 is 0.457 bits per heavy atom. The maximum absolute atomic E-state index is 15.0. The number of pyridine rings is 3. The van der Waals surface area contributed by atoms with Gasteiger partial charge in [0, 0.05) is 166 Å². The van der Waals surface area contributed by atoms with Gasteiger partial charge in [0.05, 0.1) is 80.8 Å². The Labute approximate surface area is 746 Å². The summed E-state index contributed by atoms with van der Waals surface area (Å²) in [5, 5.41) is 20.0. The second kappa shape index (κ2) is 38.0. The minimum atomic E-state index is -3.75. The largest absolute Gasteiger partial charge is 0.357 e. The molecule has 3 aromatic carbocycles. The number of halogens is 3. The summed E-state index contributed by atoms with van der Waals surface area (Å²) in [5.74, 6) is -1.19. The van der Waals surface area contributed by atoms with Gasteiger partial charge in [0.1, 0.15) is 9.79 Å². The fraction of sp³-hybridized carbons (Fsp3) is 0.393. The summed E-state index contributed by atoms with van der Waals surface area (Å²) in [6.07, 6.45) is 24.8. The summed E-state index contributed by atoms with van der Waals surface area (Å²) < 4.78 is 118. The molecule has 0 aliphatic carbocycles. The highest BCUT2D eigenvalue weighted by Crippen LogP contribution is 2.44. The van der Waals surface area contributed by atoms with Gasteiger partial charge in [-0.1, -0.05) is 39.0 Å². The monoisotopic (exact) mass is 1820 g/mol. The third-order valence-corrected chi connectivity index (χ3v) is 27.7. The number of nitrogens with zero attached hydrogens (tertiary/aromatic N) is 15. The smallest absolute Gasteiger partial charge is 0.242 e. The zero-order valence-electron chi connectivity index (χ0n) is 73.8. The van der Waals surface area contributed by atoms with Gasteiger partial charge in [0.15, 0.2) is 54.6 Å². The Kier molecular flexibility index (Phi) is 27.0. The van der Waals surface area contributed by atoms with Crippen LogP contribution in [0.1, 0.15) is 82.4 Å². The highest BCUT2D eigenvalue weighted by molar-refractivity contribution is 7.92. The number of hydrogen-bond acceptors (Lipinski definition) is 27. The van der Waals surface area contributed by atoms with E-state index in [1.54, 1.807) is 55.8 Å². The second-order valence-electron chi connectivity index (χ2n) is 34.0. The van der Waals surface area contributed by atoms with E-state index >= 15 is 4.39 Å². The van der Waals surface area contributed by atoms with E-state index in [9.17, 15) is 48.4 Å². The van der Waals surface area contributed by atoms with Gasteiger partial charge in [0.25, 0.3) is 0 Å². The zero-order chi connectivity index (χ0) is 91.7. The van der Waals surface area contributed by atoms with Crippen LogP contribution in [0.2, 0.25) is 0 Å².